The summed E-state index contributed by atoms with van der Waals surface area (Å²) in [6.07, 6.45) is 1.40. The highest BCUT2D eigenvalue weighted by atomic mass is 35.5. The Kier molecular flexibility index (Phi) is 4.12. The number of alkyl halides is 2. The van der Waals surface area contributed by atoms with Crippen molar-refractivity contribution in [2.24, 2.45) is 0 Å². The highest BCUT2D eigenvalue weighted by Gasteiger charge is 2.12. The van der Waals surface area contributed by atoms with Gasteiger partial charge in [-0.3, -0.25) is 0 Å². The Hall–Kier alpha value is -0.670. The molecule has 1 aromatic rings. The van der Waals surface area contributed by atoms with Gasteiger partial charge in [0.2, 0.25) is 5.76 Å². The number of hydrogen-bond donors (Lipinski definition) is 0. The van der Waals surface area contributed by atoms with Gasteiger partial charge in [-0.25, -0.2) is 4.79 Å². The number of rotatable bonds is 4. The van der Waals surface area contributed by atoms with Crippen LogP contribution in [0.5, 0.6) is 0 Å². The fraction of sp³-hybridized carbons (Fsp3) is 0.375. The Balaban J connectivity index is 2.35. The minimum absolute atomic E-state index is 0.0879. The molecule has 0 spiro atoms. The van der Waals surface area contributed by atoms with Crippen LogP contribution in [0, 0.1) is 0 Å². The van der Waals surface area contributed by atoms with Crippen molar-refractivity contribution in [1.82, 2.24) is 0 Å². The van der Waals surface area contributed by atoms with Crippen LogP contribution >= 0.6 is 23.2 Å². The van der Waals surface area contributed by atoms with E-state index in [1.165, 1.54) is 12.3 Å². The minimum atomic E-state index is -0.527. The molecule has 0 fully saturated rings. The lowest BCUT2D eigenvalue weighted by molar-refractivity contribution is 0.0473. The molecule has 1 unspecified atom stereocenters. The van der Waals surface area contributed by atoms with Gasteiger partial charge in [0.15, 0.2) is 0 Å². The zero-order valence-corrected chi connectivity index (χ0v) is 8.22. The smallest absolute Gasteiger partial charge is 0.374 e. The number of hydrogen-bond acceptors (Lipinski definition) is 3. The first kappa shape index (κ1) is 10.4. The molecule has 72 valence electrons. The lowest BCUT2D eigenvalue weighted by Crippen LogP contribution is -2.14. The van der Waals surface area contributed by atoms with Crippen LogP contribution < -0.4 is 0 Å². The molecule has 13 heavy (non-hydrogen) atoms. The normalized spacial score (nSPS) is 12.5. The summed E-state index contributed by atoms with van der Waals surface area (Å²) >= 11 is 11.0. The van der Waals surface area contributed by atoms with E-state index < -0.39 is 5.97 Å². The van der Waals surface area contributed by atoms with Crippen molar-refractivity contribution in [1.29, 1.82) is 0 Å². The van der Waals surface area contributed by atoms with Gasteiger partial charge in [0.25, 0.3) is 0 Å². The van der Waals surface area contributed by atoms with Crippen LogP contribution in [0.2, 0.25) is 0 Å². The fourth-order valence-electron chi connectivity index (χ4n) is 0.676. The molecule has 0 amide bonds. The van der Waals surface area contributed by atoms with Crippen LogP contribution in [-0.2, 0) is 4.74 Å². The molecule has 1 rings (SSSR count). The number of halogens is 2. The summed E-state index contributed by atoms with van der Waals surface area (Å²) in [7, 11) is 0. The molecule has 1 atom stereocenters. The Morgan fingerprint density at radius 3 is 3.00 bits per heavy atom. The molecule has 0 radical (unpaired) electrons. The molecule has 0 aliphatic heterocycles. The highest BCUT2D eigenvalue weighted by molar-refractivity contribution is 6.28. The number of ether oxygens (including phenoxy) is 1. The van der Waals surface area contributed by atoms with Crippen LogP contribution in [0.1, 0.15) is 10.6 Å². The van der Waals surface area contributed by atoms with Crippen molar-refractivity contribution in [3.63, 3.8) is 0 Å². The molecule has 0 saturated heterocycles. The highest BCUT2D eigenvalue weighted by Crippen LogP contribution is 2.05. The van der Waals surface area contributed by atoms with Crippen molar-refractivity contribution in [3.8, 4) is 0 Å². The fourth-order valence-corrected chi connectivity index (χ4v) is 0.829. The first-order valence-corrected chi connectivity index (χ1v) is 4.62. The monoisotopic (exact) mass is 222 g/mol. The zero-order valence-electron chi connectivity index (χ0n) is 6.70. The molecular formula is C8H8Cl2O3. The summed E-state index contributed by atoms with van der Waals surface area (Å²) in [5, 5.41) is -0.361. The van der Waals surface area contributed by atoms with Crippen molar-refractivity contribution < 1.29 is 13.9 Å². The summed E-state index contributed by atoms with van der Waals surface area (Å²) in [6.45, 7) is 0.0879. The molecular weight excluding hydrogens is 215 g/mol. The lowest BCUT2D eigenvalue weighted by Gasteiger charge is -2.05. The maximum Gasteiger partial charge on any atom is 0.374 e. The Morgan fingerprint density at radius 2 is 2.46 bits per heavy atom. The third-order valence-corrected chi connectivity index (χ3v) is 2.10. The van der Waals surface area contributed by atoms with E-state index in [-0.39, 0.29) is 23.6 Å². The van der Waals surface area contributed by atoms with E-state index in [9.17, 15) is 4.79 Å². The van der Waals surface area contributed by atoms with Crippen LogP contribution in [0.4, 0.5) is 0 Å². The topological polar surface area (TPSA) is 39.4 Å². The lowest BCUT2D eigenvalue weighted by atomic mass is 10.4. The first-order valence-electron chi connectivity index (χ1n) is 3.64. The van der Waals surface area contributed by atoms with E-state index in [0.29, 0.717) is 0 Å². The van der Waals surface area contributed by atoms with E-state index in [2.05, 4.69) is 0 Å². The van der Waals surface area contributed by atoms with Gasteiger partial charge in [-0.15, -0.1) is 23.2 Å². The van der Waals surface area contributed by atoms with Crippen molar-refractivity contribution in [2.45, 2.75) is 5.38 Å². The van der Waals surface area contributed by atoms with Gasteiger partial charge in [0.1, 0.15) is 6.61 Å². The average molecular weight is 223 g/mol. The van der Waals surface area contributed by atoms with Crippen LogP contribution in [0.3, 0.4) is 0 Å². The molecule has 0 aliphatic carbocycles. The standard InChI is InChI=1S/C8H8Cl2O3/c9-4-6(10)5-13-8(11)7-2-1-3-12-7/h1-3,6H,4-5H2. The van der Waals surface area contributed by atoms with Crippen LogP contribution in [0.25, 0.3) is 0 Å². The van der Waals surface area contributed by atoms with Gasteiger partial charge in [-0.1, -0.05) is 0 Å². The molecule has 0 aliphatic rings. The Labute approximate surface area is 85.6 Å². The molecule has 1 aromatic heterocycles. The van der Waals surface area contributed by atoms with Crippen LogP contribution in [0.15, 0.2) is 22.8 Å². The molecule has 0 aromatic carbocycles. The average Bonchev–Trinajstić information content (AvgIpc) is 2.66. The van der Waals surface area contributed by atoms with Crippen molar-refractivity contribution >= 4 is 29.2 Å². The van der Waals surface area contributed by atoms with E-state index in [0.717, 1.165) is 0 Å². The summed E-state index contributed by atoms with van der Waals surface area (Å²) in [5.41, 5.74) is 0. The number of esters is 1. The largest absolute Gasteiger partial charge is 0.458 e. The zero-order chi connectivity index (χ0) is 9.68. The van der Waals surface area contributed by atoms with Crippen LogP contribution in [-0.4, -0.2) is 23.8 Å². The third kappa shape index (κ3) is 3.28. The molecule has 5 heteroatoms. The third-order valence-electron chi connectivity index (χ3n) is 1.29. The maximum absolute atomic E-state index is 11.1. The Morgan fingerprint density at radius 1 is 1.69 bits per heavy atom. The predicted octanol–water partition coefficient (Wildman–Crippen LogP) is 2.28. The van der Waals surface area contributed by atoms with Crippen molar-refractivity contribution in [3.05, 3.63) is 24.2 Å². The first-order chi connectivity index (χ1) is 6.24. The van der Waals surface area contributed by atoms with Gasteiger partial charge < -0.3 is 9.15 Å². The molecule has 0 N–H and O–H groups in total. The summed E-state index contributed by atoms with van der Waals surface area (Å²) in [6, 6.07) is 3.13. The van der Waals surface area contributed by atoms with E-state index in [1.807, 2.05) is 0 Å². The molecule has 1 heterocycles. The van der Waals surface area contributed by atoms with Gasteiger partial charge in [-0.05, 0) is 12.1 Å². The second-order valence-corrected chi connectivity index (χ2v) is 3.25. The number of carbonyl (C=O) groups is 1. The second kappa shape index (κ2) is 5.14. The predicted molar refractivity (Wildman–Crippen MR) is 49.4 cm³/mol. The quantitative estimate of drug-likeness (QED) is 0.580. The SMILES string of the molecule is O=C(OCC(Cl)CCl)c1ccco1. The Bertz CT molecular complexity index is 258. The molecule has 0 saturated carbocycles. The number of furan rings is 1. The van der Waals surface area contributed by atoms with Gasteiger partial charge in [0.05, 0.1) is 11.6 Å². The van der Waals surface area contributed by atoms with Crippen molar-refractivity contribution in [2.75, 3.05) is 12.5 Å². The molecule has 0 bridgehead atoms. The van der Waals surface area contributed by atoms with Gasteiger partial charge in [0, 0.05) is 5.88 Å². The van der Waals surface area contributed by atoms with Gasteiger partial charge >= 0.3 is 5.97 Å². The maximum atomic E-state index is 11.1. The minimum Gasteiger partial charge on any atom is -0.458 e. The summed E-state index contributed by atoms with van der Waals surface area (Å²) < 4.78 is 9.60. The van der Waals surface area contributed by atoms with E-state index in [4.69, 9.17) is 32.4 Å². The number of carbonyl (C=O) groups excluding carboxylic acids is 1. The summed E-state index contributed by atoms with van der Waals surface area (Å²) in [4.78, 5) is 11.1. The molecule has 3 nitrogen and oxygen atoms in total. The van der Waals surface area contributed by atoms with Gasteiger partial charge in [-0.2, -0.15) is 0 Å². The van der Waals surface area contributed by atoms with E-state index in [1.54, 1.807) is 6.07 Å². The second-order valence-electron chi connectivity index (χ2n) is 2.33. The van der Waals surface area contributed by atoms with E-state index >= 15 is 0 Å². The summed E-state index contributed by atoms with van der Waals surface area (Å²) in [5.74, 6) is -0.119.